The lowest BCUT2D eigenvalue weighted by molar-refractivity contribution is 0.493. The Bertz CT molecular complexity index is 583. The topological polar surface area (TPSA) is 0 Å². The van der Waals surface area contributed by atoms with Crippen LogP contribution in [0.2, 0.25) is 0 Å². The monoisotopic (exact) mass is 372 g/mol. The van der Waals surface area contributed by atoms with Crippen molar-refractivity contribution in [2.24, 2.45) is 23.7 Å². The van der Waals surface area contributed by atoms with Crippen LogP contribution in [0, 0.1) is 23.7 Å². The van der Waals surface area contributed by atoms with Crippen LogP contribution in [0.4, 0.5) is 4.39 Å². The fraction of sp³-hybridized carbons (Fsp3) is 0.538. The molecule has 2 unspecified atom stereocenters. The predicted molar refractivity (Wildman–Crippen MR) is 121 cm³/mol. The van der Waals surface area contributed by atoms with E-state index in [9.17, 15) is 4.39 Å². The Hall–Kier alpha value is -1.63. The summed E-state index contributed by atoms with van der Waals surface area (Å²) in [4.78, 5) is 0. The first-order valence-corrected chi connectivity index (χ1v) is 10.3. The van der Waals surface area contributed by atoms with Gasteiger partial charge in [0.2, 0.25) is 0 Å². The van der Waals surface area contributed by atoms with Crippen LogP contribution in [0.3, 0.4) is 0 Å². The van der Waals surface area contributed by atoms with E-state index in [-0.39, 0.29) is 11.7 Å². The summed E-state index contributed by atoms with van der Waals surface area (Å²) in [6.07, 6.45) is 9.67. The van der Waals surface area contributed by atoms with Crippen LogP contribution in [-0.2, 0) is 0 Å². The van der Waals surface area contributed by atoms with Crippen LogP contribution in [0.15, 0.2) is 72.7 Å². The van der Waals surface area contributed by atoms with Gasteiger partial charge >= 0.3 is 0 Å². The molecule has 0 saturated heterocycles. The van der Waals surface area contributed by atoms with Crippen LogP contribution >= 0.6 is 0 Å². The maximum atomic E-state index is 14.5. The van der Waals surface area contributed by atoms with Gasteiger partial charge in [0.25, 0.3) is 0 Å². The number of hydrogen-bond donors (Lipinski definition) is 0. The highest BCUT2D eigenvalue weighted by atomic mass is 19.1. The second-order valence-electron chi connectivity index (χ2n) is 8.72. The van der Waals surface area contributed by atoms with Crippen molar-refractivity contribution >= 4 is 0 Å². The van der Waals surface area contributed by atoms with Crippen LogP contribution < -0.4 is 0 Å². The Labute approximate surface area is 168 Å². The quantitative estimate of drug-likeness (QED) is 0.283. The van der Waals surface area contributed by atoms with Gasteiger partial charge in [-0.2, -0.15) is 0 Å². The molecular weight excluding hydrogens is 331 g/mol. The van der Waals surface area contributed by atoms with Gasteiger partial charge in [-0.1, -0.05) is 98.4 Å². The molecule has 152 valence electrons. The summed E-state index contributed by atoms with van der Waals surface area (Å²) in [5, 5.41) is 0. The van der Waals surface area contributed by atoms with Gasteiger partial charge in [-0.05, 0) is 53.7 Å². The molecule has 0 aliphatic heterocycles. The molecule has 27 heavy (non-hydrogen) atoms. The van der Waals surface area contributed by atoms with E-state index in [0.29, 0.717) is 28.9 Å². The molecule has 1 heteroatoms. The smallest absolute Gasteiger partial charge is 0.130 e. The molecule has 0 saturated carbocycles. The summed E-state index contributed by atoms with van der Waals surface area (Å²) in [5.41, 5.74) is 2.73. The summed E-state index contributed by atoms with van der Waals surface area (Å²) >= 11 is 0. The minimum Gasteiger partial charge on any atom is -0.206 e. The van der Waals surface area contributed by atoms with E-state index in [4.69, 9.17) is 0 Å². The molecule has 0 amide bonds. The highest BCUT2D eigenvalue weighted by molar-refractivity contribution is 5.48. The Morgan fingerprint density at radius 1 is 0.704 bits per heavy atom. The fourth-order valence-electron chi connectivity index (χ4n) is 2.56. The fourth-order valence-corrected chi connectivity index (χ4v) is 2.56. The SMILES string of the molecule is C=C(/C=C\C(=C)C(C)CCC(C)C)C(=C)/C(F)=C\C(=C)C(C)CCC(C)C. The van der Waals surface area contributed by atoms with Gasteiger partial charge < -0.3 is 0 Å². The lowest BCUT2D eigenvalue weighted by Crippen LogP contribution is -2.00. The van der Waals surface area contributed by atoms with Crippen molar-refractivity contribution in [2.75, 3.05) is 0 Å². The first kappa shape index (κ1) is 25.4. The Balaban J connectivity index is 4.75. The summed E-state index contributed by atoms with van der Waals surface area (Å²) in [5.74, 6) is 1.65. The summed E-state index contributed by atoms with van der Waals surface area (Å²) in [7, 11) is 0. The zero-order valence-electron chi connectivity index (χ0n) is 18.6. The average molecular weight is 373 g/mol. The van der Waals surface area contributed by atoms with Crippen LogP contribution in [0.1, 0.15) is 67.2 Å². The van der Waals surface area contributed by atoms with E-state index in [2.05, 4.69) is 67.9 Å². The van der Waals surface area contributed by atoms with Crippen LogP contribution in [-0.4, -0.2) is 0 Å². The average Bonchev–Trinajstić information content (AvgIpc) is 2.60. The van der Waals surface area contributed by atoms with Crippen molar-refractivity contribution in [2.45, 2.75) is 67.2 Å². The minimum absolute atomic E-state index is 0.261. The normalized spacial score (nSPS) is 14.6. The summed E-state index contributed by atoms with van der Waals surface area (Å²) in [6, 6.07) is 0. The molecule has 0 spiro atoms. The number of hydrogen-bond acceptors (Lipinski definition) is 0. The van der Waals surface area contributed by atoms with Crippen molar-refractivity contribution in [3.63, 3.8) is 0 Å². The van der Waals surface area contributed by atoms with Crippen molar-refractivity contribution in [1.82, 2.24) is 0 Å². The molecule has 0 fully saturated rings. The maximum absolute atomic E-state index is 14.5. The third-order valence-electron chi connectivity index (χ3n) is 5.11. The lowest BCUT2D eigenvalue weighted by atomic mass is 9.92. The van der Waals surface area contributed by atoms with Crippen molar-refractivity contribution in [1.29, 1.82) is 0 Å². The molecule has 0 nitrogen and oxygen atoms in total. The molecule has 0 N–H and O–H groups in total. The molecule has 0 heterocycles. The second kappa shape index (κ2) is 12.7. The molecular formula is C26H41F. The number of halogens is 1. The Morgan fingerprint density at radius 2 is 1.15 bits per heavy atom. The standard InChI is InChI=1S/C26H41F/c1-18(2)11-13-20(5)21(6)15-16-23(8)25(10)26(27)17-24(9)22(7)14-12-19(3)4/h15-20,22H,6,8-14H2,1-5,7H3/b16-15-,26-17+. The van der Waals surface area contributed by atoms with Gasteiger partial charge in [-0.15, -0.1) is 0 Å². The van der Waals surface area contributed by atoms with Crippen LogP contribution in [0.25, 0.3) is 0 Å². The molecule has 0 aliphatic rings. The van der Waals surface area contributed by atoms with Gasteiger partial charge in [-0.3, -0.25) is 0 Å². The Morgan fingerprint density at radius 3 is 1.59 bits per heavy atom. The van der Waals surface area contributed by atoms with Crippen molar-refractivity contribution in [3.8, 4) is 0 Å². The zero-order valence-corrected chi connectivity index (χ0v) is 18.6. The number of allylic oxidation sites excluding steroid dienone is 8. The van der Waals surface area contributed by atoms with Gasteiger partial charge in [0.05, 0.1) is 0 Å². The molecule has 0 aliphatic carbocycles. The van der Waals surface area contributed by atoms with E-state index >= 15 is 0 Å². The molecule has 0 bridgehead atoms. The predicted octanol–water partition coefficient (Wildman–Crippen LogP) is 8.77. The summed E-state index contributed by atoms with van der Waals surface area (Å²) < 4.78 is 14.5. The largest absolute Gasteiger partial charge is 0.206 e. The second-order valence-corrected chi connectivity index (χ2v) is 8.72. The minimum atomic E-state index is -0.357. The van der Waals surface area contributed by atoms with Gasteiger partial charge in [0, 0.05) is 5.57 Å². The zero-order chi connectivity index (χ0) is 21.1. The van der Waals surface area contributed by atoms with E-state index in [1.807, 2.05) is 12.2 Å². The summed E-state index contributed by atoms with van der Waals surface area (Å²) in [6.45, 7) is 29.1. The van der Waals surface area contributed by atoms with E-state index < -0.39 is 0 Å². The van der Waals surface area contributed by atoms with E-state index in [1.54, 1.807) is 0 Å². The first-order chi connectivity index (χ1) is 12.5. The van der Waals surface area contributed by atoms with E-state index in [1.165, 1.54) is 12.5 Å². The highest BCUT2D eigenvalue weighted by Crippen LogP contribution is 2.26. The molecule has 0 rings (SSSR count). The molecule has 0 aromatic rings. The third kappa shape index (κ3) is 11.0. The van der Waals surface area contributed by atoms with Crippen molar-refractivity contribution in [3.05, 3.63) is 72.7 Å². The van der Waals surface area contributed by atoms with Crippen LogP contribution in [0.5, 0.6) is 0 Å². The van der Waals surface area contributed by atoms with Gasteiger partial charge in [0.15, 0.2) is 0 Å². The molecule has 0 radical (unpaired) electrons. The lowest BCUT2D eigenvalue weighted by Gasteiger charge is -2.14. The molecule has 0 aromatic heterocycles. The Kier molecular flexibility index (Phi) is 11.9. The number of rotatable bonds is 13. The van der Waals surface area contributed by atoms with E-state index in [0.717, 1.165) is 30.4 Å². The third-order valence-corrected chi connectivity index (χ3v) is 5.11. The molecule has 0 aromatic carbocycles. The maximum Gasteiger partial charge on any atom is 0.130 e. The van der Waals surface area contributed by atoms with Gasteiger partial charge in [-0.25, -0.2) is 4.39 Å². The van der Waals surface area contributed by atoms with Gasteiger partial charge in [0.1, 0.15) is 5.83 Å². The highest BCUT2D eigenvalue weighted by Gasteiger charge is 2.11. The first-order valence-electron chi connectivity index (χ1n) is 10.3. The van der Waals surface area contributed by atoms with Crippen molar-refractivity contribution < 1.29 is 4.39 Å². The molecule has 2 atom stereocenters.